The summed E-state index contributed by atoms with van der Waals surface area (Å²) < 4.78 is 2.17. The molecular weight excluding hydrogens is 414 g/mol. The summed E-state index contributed by atoms with van der Waals surface area (Å²) in [5, 5.41) is 2.97. The number of amides is 1. The van der Waals surface area contributed by atoms with Crippen LogP contribution in [0.25, 0.3) is 15.9 Å². The zero-order valence-corrected chi connectivity index (χ0v) is 18.2. The minimum Gasteiger partial charge on any atom is -0.342 e. The van der Waals surface area contributed by atoms with Crippen molar-refractivity contribution in [1.29, 1.82) is 0 Å². The topological polar surface area (TPSA) is 55.2 Å². The van der Waals surface area contributed by atoms with Gasteiger partial charge in [-0.15, -0.1) is 11.3 Å². The number of hydrogen-bond acceptors (Lipinski definition) is 5. The van der Waals surface area contributed by atoms with Gasteiger partial charge in [0.05, 0.1) is 17.0 Å². The van der Waals surface area contributed by atoms with Crippen molar-refractivity contribution in [2.45, 2.75) is 31.8 Å². The Hall–Kier alpha value is -1.83. The fourth-order valence-electron chi connectivity index (χ4n) is 2.93. The molecule has 1 amide bonds. The van der Waals surface area contributed by atoms with Gasteiger partial charge in [0.15, 0.2) is 5.16 Å². The Morgan fingerprint density at radius 3 is 2.50 bits per heavy atom. The van der Waals surface area contributed by atoms with Crippen molar-refractivity contribution in [3.63, 3.8) is 0 Å². The van der Waals surface area contributed by atoms with E-state index in [9.17, 15) is 9.59 Å². The summed E-state index contributed by atoms with van der Waals surface area (Å²) >= 11 is 8.67. The van der Waals surface area contributed by atoms with Gasteiger partial charge in [-0.3, -0.25) is 14.2 Å². The Labute approximate surface area is 177 Å². The van der Waals surface area contributed by atoms with Crippen molar-refractivity contribution in [2.75, 3.05) is 18.8 Å². The van der Waals surface area contributed by atoms with Crippen LogP contribution in [-0.4, -0.2) is 39.2 Å². The molecule has 0 radical (unpaired) electrons. The van der Waals surface area contributed by atoms with Crippen LogP contribution in [0.2, 0.25) is 5.02 Å². The fourth-order valence-corrected chi connectivity index (χ4v) is 4.73. The van der Waals surface area contributed by atoms with Gasteiger partial charge in [-0.1, -0.05) is 37.2 Å². The van der Waals surface area contributed by atoms with E-state index in [4.69, 9.17) is 11.6 Å². The highest BCUT2D eigenvalue weighted by atomic mass is 35.5. The quantitative estimate of drug-likeness (QED) is 0.375. The molecule has 0 aliphatic rings. The predicted octanol–water partition coefficient (Wildman–Crippen LogP) is 4.84. The van der Waals surface area contributed by atoms with Crippen molar-refractivity contribution < 1.29 is 4.79 Å². The molecule has 1 aromatic carbocycles. The van der Waals surface area contributed by atoms with Crippen LogP contribution in [0.3, 0.4) is 0 Å². The number of rotatable bonds is 8. The number of carbonyl (C=O) groups excluding carboxylic acids is 1. The number of fused-ring (bicyclic) bond motifs is 1. The van der Waals surface area contributed by atoms with Crippen LogP contribution >= 0.6 is 34.7 Å². The summed E-state index contributed by atoms with van der Waals surface area (Å²) in [5.74, 6) is 0.311. The van der Waals surface area contributed by atoms with E-state index in [1.807, 2.05) is 16.3 Å². The second kappa shape index (κ2) is 9.58. The first-order valence-corrected chi connectivity index (χ1v) is 11.5. The Morgan fingerprint density at radius 2 is 1.86 bits per heavy atom. The van der Waals surface area contributed by atoms with Crippen LogP contribution < -0.4 is 5.56 Å². The first kappa shape index (κ1) is 20.9. The zero-order chi connectivity index (χ0) is 20.1. The zero-order valence-electron chi connectivity index (χ0n) is 15.9. The lowest BCUT2D eigenvalue weighted by atomic mass is 10.3. The van der Waals surface area contributed by atoms with Gasteiger partial charge in [-0.25, -0.2) is 4.98 Å². The molecule has 3 rings (SSSR count). The minimum absolute atomic E-state index is 0.0658. The van der Waals surface area contributed by atoms with Crippen molar-refractivity contribution in [3.05, 3.63) is 51.1 Å². The largest absolute Gasteiger partial charge is 0.342 e. The molecule has 2 heterocycles. The summed E-state index contributed by atoms with van der Waals surface area (Å²) in [6, 6.07) is 8.89. The molecule has 0 N–H and O–H groups in total. The minimum atomic E-state index is -0.128. The van der Waals surface area contributed by atoms with Crippen LogP contribution in [0.4, 0.5) is 0 Å². The number of hydrogen-bond donors (Lipinski definition) is 0. The second-order valence-corrected chi connectivity index (χ2v) is 8.61. The molecule has 0 aliphatic heterocycles. The SMILES string of the molecule is CCCN(CCC)C(=O)CSc1nc2ccsc2c(=O)n1-c1ccc(Cl)cc1. The molecule has 8 heteroatoms. The maximum Gasteiger partial charge on any atom is 0.276 e. The molecule has 0 unspecified atom stereocenters. The first-order valence-electron chi connectivity index (χ1n) is 9.22. The normalized spacial score (nSPS) is 11.1. The van der Waals surface area contributed by atoms with E-state index in [0.717, 1.165) is 25.9 Å². The number of thioether (sulfide) groups is 1. The van der Waals surface area contributed by atoms with E-state index < -0.39 is 0 Å². The van der Waals surface area contributed by atoms with Crippen LogP contribution in [-0.2, 0) is 4.79 Å². The van der Waals surface area contributed by atoms with Gasteiger partial charge in [0.2, 0.25) is 5.91 Å². The van der Waals surface area contributed by atoms with E-state index in [1.54, 1.807) is 28.8 Å². The number of thiophene rings is 1. The summed E-state index contributed by atoms with van der Waals surface area (Å²) in [5.41, 5.74) is 1.22. The molecule has 2 aromatic heterocycles. The van der Waals surface area contributed by atoms with Gasteiger partial charge >= 0.3 is 0 Å². The van der Waals surface area contributed by atoms with Crippen LogP contribution in [0.15, 0.2) is 45.7 Å². The number of halogens is 1. The predicted molar refractivity (Wildman–Crippen MR) is 118 cm³/mol. The number of carbonyl (C=O) groups is 1. The maximum atomic E-state index is 13.1. The molecule has 0 aliphatic carbocycles. The highest BCUT2D eigenvalue weighted by molar-refractivity contribution is 7.99. The highest BCUT2D eigenvalue weighted by Gasteiger charge is 2.18. The number of nitrogens with zero attached hydrogens (tertiary/aromatic N) is 3. The number of benzene rings is 1. The third-order valence-electron chi connectivity index (χ3n) is 4.20. The molecule has 28 heavy (non-hydrogen) atoms. The van der Waals surface area contributed by atoms with E-state index >= 15 is 0 Å². The first-order chi connectivity index (χ1) is 13.5. The fraction of sp³-hybridized carbons (Fsp3) is 0.350. The lowest BCUT2D eigenvalue weighted by Crippen LogP contribution is -2.34. The third-order valence-corrected chi connectivity index (χ3v) is 6.27. The van der Waals surface area contributed by atoms with Crippen LogP contribution in [0.1, 0.15) is 26.7 Å². The van der Waals surface area contributed by atoms with Gasteiger partial charge in [-0.05, 0) is 48.6 Å². The Kier molecular flexibility index (Phi) is 7.15. The van der Waals surface area contributed by atoms with Crippen LogP contribution in [0.5, 0.6) is 0 Å². The standard InChI is InChI=1S/C20H22ClN3O2S2/c1-3-10-23(11-4-2)17(25)13-28-20-22-16-9-12-27-18(16)19(26)24(20)15-7-5-14(21)6-8-15/h5-9,12H,3-4,10-11,13H2,1-2H3. The summed E-state index contributed by atoms with van der Waals surface area (Å²) in [6.45, 7) is 5.61. The average molecular weight is 436 g/mol. The molecule has 148 valence electrons. The molecule has 0 saturated heterocycles. The average Bonchev–Trinajstić information content (AvgIpc) is 3.16. The van der Waals surface area contributed by atoms with Gasteiger partial charge in [0, 0.05) is 18.1 Å². The van der Waals surface area contributed by atoms with Crippen molar-refractivity contribution in [3.8, 4) is 5.69 Å². The highest BCUT2D eigenvalue weighted by Crippen LogP contribution is 2.24. The molecule has 3 aromatic rings. The van der Waals surface area contributed by atoms with Crippen molar-refractivity contribution in [2.24, 2.45) is 0 Å². The summed E-state index contributed by atoms with van der Waals surface area (Å²) in [7, 11) is 0. The molecule has 0 atom stereocenters. The smallest absolute Gasteiger partial charge is 0.276 e. The Balaban J connectivity index is 1.95. The van der Waals surface area contributed by atoms with Crippen molar-refractivity contribution in [1.82, 2.24) is 14.5 Å². The van der Waals surface area contributed by atoms with E-state index in [1.165, 1.54) is 23.1 Å². The van der Waals surface area contributed by atoms with E-state index in [2.05, 4.69) is 18.8 Å². The van der Waals surface area contributed by atoms with E-state index in [-0.39, 0.29) is 17.2 Å². The summed E-state index contributed by atoms with van der Waals surface area (Å²) in [6.07, 6.45) is 1.84. The molecule has 0 fully saturated rings. The van der Waals surface area contributed by atoms with Gasteiger partial charge in [0.1, 0.15) is 4.70 Å². The molecule has 0 spiro atoms. The maximum absolute atomic E-state index is 13.1. The Morgan fingerprint density at radius 1 is 1.18 bits per heavy atom. The molecule has 0 bridgehead atoms. The lowest BCUT2D eigenvalue weighted by molar-refractivity contribution is -0.128. The lowest BCUT2D eigenvalue weighted by Gasteiger charge is -2.21. The van der Waals surface area contributed by atoms with Crippen LogP contribution in [0, 0.1) is 0 Å². The molecule has 0 saturated carbocycles. The third kappa shape index (κ3) is 4.59. The summed E-state index contributed by atoms with van der Waals surface area (Å²) in [4.78, 5) is 32.3. The Bertz CT molecular complexity index is 1010. The number of aromatic nitrogens is 2. The van der Waals surface area contributed by atoms with Gasteiger partial charge < -0.3 is 4.90 Å². The van der Waals surface area contributed by atoms with Gasteiger partial charge in [0.25, 0.3) is 5.56 Å². The van der Waals surface area contributed by atoms with Gasteiger partial charge in [-0.2, -0.15) is 0 Å². The monoisotopic (exact) mass is 435 g/mol. The van der Waals surface area contributed by atoms with Crippen molar-refractivity contribution >= 4 is 50.8 Å². The van der Waals surface area contributed by atoms with E-state index in [0.29, 0.717) is 26.1 Å². The second-order valence-electron chi connectivity index (χ2n) is 6.32. The molecule has 5 nitrogen and oxygen atoms in total. The molecular formula is C20H22ClN3O2S2.